The fourth-order valence-corrected chi connectivity index (χ4v) is 1.88. The van der Waals surface area contributed by atoms with Gasteiger partial charge in [0.2, 0.25) is 5.91 Å². The molecule has 96 valence electrons. The van der Waals surface area contributed by atoms with E-state index in [2.05, 4.69) is 26.1 Å². The predicted molar refractivity (Wildman–Crippen MR) is 69.5 cm³/mol. The van der Waals surface area contributed by atoms with Crippen molar-refractivity contribution in [1.29, 1.82) is 0 Å². The molecule has 0 aromatic rings. The normalized spacial score (nSPS) is 11.1. The van der Waals surface area contributed by atoms with Gasteiger partial charge in [0.1, 0.15) is 0 Å². The maximum atomic E-state index is 11.4. The summed E-state index contributed by atoms with van der Waals surface area (Å²) < 4.78 is 0. The van der Waals surface area contributed by atoms with Crippen LogP contribution in [0.25, 0.3) is 0 Å². The summed E-state index contributed by atoms with van der Waals surface area (Å²) in [5.41, 5.74) is 0. The lowest BCUT2D eigenvalue weighted by Gasteiger charge is -2.23. The molecule has 0 aromatic heterocycles. The standard InChI is InChI=1S/C11H24N2O2S/c1-5-16-9-6-11(14)12-7-8-13(15-4)10(2)3/h10H,5-9H2,1-4H3,(H,12,14). The molecule has 0 rings (SSSR count). The number of hydrogen-bond acceptors (Lipinski definition) is 4. The van der Waals surface area contributed by atoms with Crippen molar-refractivity contribution in [2.45, 2.75) is 33.2 Å². The van der Waals surface area contributed by atoms with Crippen LogP contribution in [-0.4, -0.2) is 48.7 Å². The number of hydroxylamine groups is 2. The zero-order valence-electron chi connectivity index (χ0n) is 10.8. The van der Waals surface area contributed by atoms with Crippen molar-refractivity contribution in [3.63, 3.8) is 0 Å². The number of nitrogens with zero attached hydrogens (tertiary/aromatic N) is 1. The number of hydrogen-bond donors (Lipinski definition) is 1. The predicted octanol–water partition coefficient (Wildman–Crippen LogP) is 1.52. The highest BCUT2D eigenvalue weighted by Gasteiger charge is 2.08. The minimum absolute atomic E-state index is 0.126. The highest BCUT2D eigenvalue weighted by atomic mass is 32.2. The third-order valence-corrected chi connectivity index (χ3v) is 3.04. The number of amides is 1. The van der Waals surface area contributed by atoms with E-state index < -0.39 is 0 Å². The van der Waals surface area contributed by atoms with Crippen LogP contribution in [0.3, 0.4) is 0 Å². The monoisotopic (exact) mass is 248 g/mol. The van der Waals surface area contributed by atoms with E-state index in [0.29, 0.717) is 19.0 Å². The SMILES string of the molecule is CCSCCC(=O)NCCN(OC)C(C)C. The quantitative estimate of drug-likeness (QED) is 0.496. The van der Waals surface area contributed by atoms with Gasteiger partial charge in [-0.3, -0.25) is 4.79 Å². The van der Waals surface area contributed by atoms with Crippen LogP contribution in [0.4, 0.5) is 0 Å². The number of rotatable bonds is 9. The van der Waals surface area contributed by atoms with E-state index in [9.17, 15) is 4.79 Å². The Morgan fingerprint density at radius 1 is 1.50 bits per heavy atom. The van der Waals surface area contributed by atoms with Crippen molar-refractivity contribution in [2.75, 3.05) is 31.7 Å². The third kappa shape index (κ3) is 7.96. The van der Waals surface area contributed by atoms with Gasteiger partial charge >= 0.3 is 0 Å². The summed E-state index contributed by atoms with van der Waals surface area (Å²) in [6, 6.07) is 0.331. The zero-order chi connectivity index (χ0) is 12.4. The van der Waals surface area contributed by atoms with Gasteiger partial charge in [-0.05, 0) is 19.6 Å². The van der Waals surface area contributed by atoms with Gasteiger partial charge in [0.05, 0.1) is 7.11 Å². The smallest absolute Gasteiger partial charge is 0.220 e. The van der Waals surface area contributed by atoms with Gasteiger partial charge in [0, 0.05) is 31.3 Å². The molecule has 0 saturated carbocycles. The molecule has 16 heavy (non-hydrogen) atoms. The molecule has 0 radical (unpaired) electrons. The third-order valence-electron chi connectivity index (χ3n) is 2.14. The first-order valence-corrected chi connectivity index (χ1v) is 6.92. The van der Waals surface area contributed by atoms with Gasteiger partial charge in [-0.15, -0.1) is 0 Å². The van der Waals surface area contributed by atoms with Crippen molar-refractivity contribution >= 4 is 17.7 Å². The molecule has 0 fully saturated rings. The number of carbonyl (C=O) groups excluding carboxylic acids is 1. The van der Waals surface area contributed by atoms with Gasteiger partial charge in [-0.25, -0.2) is 0 Å². The molecule has 4 nitrogen and oxygen atoms in total. The highest BCUT2D eigenvalue weighted by Crippen LogP contribution is 2.00. The lowest BCUT2D eigenvalue weighted by Crippen LogP contribution is -2.38. The Morgan fingerprint density at radius 3 is 2.69 bits per heavy atom. The first kappa shape index (κ1) is 15.7. The first-order chi connectivity index (χ1) is 7.61. The molecule has 0 atom stereocenters. The summed E-state index contributed by atoms with van der Waals surface area (Å²) in [7, 11) is 1.65. The van der Waals surface area contributed by atoms with Crippen LogP contribution in [0.1, 0.15) is 27.2 Å². The second-order valence-corrected chi connectivity index (χ2v) is 5.11. The Morgan fingerprint density at radius 2 is 2.19 bits per heavy atom. The Balaban J connectivity index is 3.52. The van der Waals surface area contributed by atoms with Crippen LogP contribution >= 0.6 is 11.8 Å². The lowest BCUT2D eigenvalue weighted by atomic mass is 10.4. The van der Waals surface area contributed by atoms with Crippen LogP contribution < -0.4 is 5.32 Å². The lowest BCUT2D eigenvalue weighted by molar-refractivity contribution is -0.152. The Labute approximate surface area is 103 Å². The van der Waals surface area contributed by atoms with E-state index in [1.165, 1.54) is 0 Å². The fraction of sp³-hybridized carbons (Fsp3) is 0.909. The van der Waals surface area contributed by atoms with E-state index in [1.54, 1.807) is 18.9 Å². The van der Waals surface area contributed by atoms with E-state index in [0.717, 1.165) is 18.1 Å². The van der Waals surface area contributed by atoms with Crippen LogP contribution in [0, 0.1) is 0 Å². The van der Waals surface area contributed by atoms with Crippen molar-refractivity contribution in [3.8, 4) is 0 Å². The van der Waals surface area contributed by atoms with Crippen LogP contribution in [0.2, 0.25) is 0 Å². The van der Waals surface area contributed by atoms with Crippen LogP contribution in [-0.2, 0) is 9.63 Å². The largest absolute Gasteiger partial charge is 0.355 e. The molecule has 5 heteroatoms. The minimum atomic E-state index is 0.126. The second-order valence-electron chi connectivity index (χ2n) is 3.71. The van der Waals surface area contributed by atoms with Crippen molar-refractivity contribution in [3.05, 3.63) is 0 Å². The fourth-order valence-electron chi connectivity index (χ4n) is 1.26. The highest BCUT2D eigenvalue weighted by molar-refractivity contribution is 7.99. The molecule has 0 unspecified atom stereocenters. The Hall–Kier alpha value is -0.260. The molecule has 1 N–H and O–H groups in total. The van der Waals surface area contributed by atoms with Crippen molar-refractivity contribution in [1.82, 2.24) is 10.4 Å². The summed E-state index contributed by atoms with van der Waals surface area (Å²) >= 11 is 1.79. The van der Waals surface area contributed by atoms with Crippen LogP contribution in [0.15, 0.2) is 0 Å². The van der Waals surface area contributed by atoms with Gasteiger partial charge < -0.3 is 10.2 Å². The molecule has 0 saturated heterocycles. The molecule has 0 aliphatic rings. The summed E-state index contributed by atoms with van der Waals surface area (Å²) in [6.07, 6.45) is 0.604. The summed E-state index contributed by atoms with van der Waals surface area (Å²) in [5.74, 6) is 2.10. The minimum Gasteiger partial charge on any atom is -0.355 e. The van der Waals surface area contributed by atoms with E-state index in [-0.39, 0.29) is 5.91 Å². The average Bonchev–Trinajstić information content (AvgIpc) is 2.24. The van der Waals surface area contributed by atoms with Gasteiger partial charge in [-0.2, -0.15) is 16.8 Å². The second kappa shape index (κ2) is 9.93. The maximum absolute atomic E-state index is 11.4. The molecule has 0 aliphatic carbocycles. The topological polar surface area (TPSA) is 41.6 Å². The molecule has 1 amide bonds. The summed E-state index contributed by atoms with van der Waals surface area (Å²) in [6.45, 7) is 7.58. The number of thioether (sulfide) groups is 1. The van der Waals surface area contributed by atoms with Crippen LogP contribution in [0.5, 0.6) is 0 Å². The maximum Gasteiger partial charge on any atom is 0.220 e. The molecule has 0 heterocycles. The van der Waals surface area contributed by atoms with Crippen molar-refractivity contribution in [2.24, 2.45) is 0 Å². The van der Waals surface area contributed by atoms with Gasteiger partial charge in [-0.1, -0.05) is 6.92 Å². The Bertz CT molecular complexity index is 189. The molecule has 0 aliphatic heterocycles. The number of carbonyl (C=O) groups is 1. The van der Waals surface area contributed by atoms with Gasteiger partial charge in [0.15, 0.2) is 0 Å². The van der Waals surface area contributed by atoms with Crippen molar-refractivity contribution < 1.29 is 9.63 Å². The molecule has 0 spiro atoms. The zero-order valence-corrected chi connectivity index (χ0v) is 11.6. The number of nitrogens with one attached hydrogen (secondary N) is 1. The van der Waals surface area contributed by atoms with E-state index in [4.69, 9.17) is 4.84 Å². The summed E-state index contributed by atoms with van der Waals surface area (Å²) in [5, 5.41) is 4.74. The van der Waals surface area contributed by atoms with E-state index in [1.807, 2.05) is 5.06 Å². The van der Waals surface area contributed by atoms with Gasteiger partial charge in [0.25, 0.3) is 0 Å². The average molecular weight is 248 g/mol. The Kier molecular flexibility index (Phi) is 9.77. The molecule has 0 bridgehead atoms. The molecule has 0 aromatic carbocycles. The molecular formula is C11H24N2O2S. The first-order valence-electron chi connectivity index (χ1n) is 5.77. The summed E-state index contributed by atoms with van der Waals surface area (Å²) in [4.78, 5) is 16.5. The van der Waals surface area contributed by atoms with E-state index >= 15 is 0 Å². The molecular weight excluding hydrogens is 224 g/mol.